The quantitative estimate of drug-likeness (QED) is 0.841. The van der Waals surface area contributed by atoms with Crippen molar-refractivity contribution in [3.63, 3.8) is 0 Å². The molecule has 2 N–H and O–H groups in total. The molecular weight excluding hydrogens is 271 g/mol. The van der Waals surface area contributed by atoms with E-state index in [1.54, 1.807) is 7.11 Å². The second kappa shape index (κ2) is 5.44. The van der Waals surface area contributed by atoms with E-state index in [2.05, 4.69) is 0 Å². The lowest BCUT2D eigenvalue weighted by Gasteiger charge is -2.17. The number of benzene rings is 1. The third-order valence-corrected chi connectivity index (χ3v) is 5.10. The minimum absolute atomic E-state index is 0.156. The molecule has 0 aliphatic carbocycles. The first-order valence-corrected chi connectivity index (χ1v) is 7.43. The largest absolute Gasteiger partial charge is 0.399 e. The van der Waals surface area contributed by atoms with Gasteiger partial charge in [-0.2, -0.15) is 4.31 Å². The lowest BCUT2D eigenvalue weighted by atomic mass is 10.1. The second-order valence-electron chi connectivity index (χ2n) is 4.66. The molecular formula is C12H17FN2O3S. The zero-order valence-corrected chi connectivity index (χ0v) is 11.5. The molecule has 106 valence electrons. The van der Waals surface area contributed by atoms with Gasteiger partial charge in [-0.25, -0.2) is 12.8 Å². The van der Waals surface area contributed by atoms with Gasteiger partial charge in [0.1, 0.15) is 10.7 Å². The zero-order chi connectivity index (χ0) is 14.0. The van der Waals surface area contributed by atoms with Gasteiger partial charge < -0.3 is 10.5 Å². The normalized spacial score (nSPS) is 20.8. The Hall–Kier alpha value is -1.18. The smallest absolute Gasteiger partial charge is 0.246 e. The lowest BCUT2D eigenvalue weighted by molar-refractivity contribution is 0.157. The van der Waals surface area contributed by atoms with E-state index in [0.29, 0.717) is 19.7 Å². The van der Waals surface area contributed by atoms with E-state index >= 15 is 0 Å². The molecule has 1 atom stereocenters. The van der Waals surface area contributed by atoms with Crippen molar-refractivity contribution in [3.05, 3.63) is 24.0 Å². The van der Waals surface area contributed by atoms with Crippen LogP contribution >= 0.6 is 0 Å². The van der Waals surface area contributed by atoms with E-state index < -0.39 is 15.8 Å². The summed E-state index contributed by atoms with van der Waals surface area (Å²) < 4.78 is 44.7. The van der Waals surface area contributed by atoms with Crippen LogP contribution in [0.3, 0.4) is 0 Å². The number of anilines is 1. The molecule has 0 saturated carbocycles. The summed E-state index contributed by atoms with van der Waals surface area (Å²) in [6.07, 6.45) is 0.719. The zero-order valence-electron chi connectivity index (χ0n) is 10.7. The number of nitrogen functional groups attached to an aromatic ring is 1. The number of sulfonamides is 1. The fraction of sp³-hybridized carbons (Fsp3) is 0.500. The van der Waals surface area contributed by atoms with Crippen LogP contribution in [0.25, 0.3) is 0 Å². The topological polar surface area (TPSA) is 72.6 Å². The Morgan fingerprint density at radius 2 is 2.26 bits per heavy atom. The predicted octanol–water partition coefficient (Wildman–Crippen LogP) is 1.06. The lowest BCUT2D eigenvalue weighted by Crippen LogP contribution is -2.30. The number of halogens is 1. The molecule has 0 amide bonds. The highest BCUT2D eigenvalue weighted by Crippen LogP contribution is 2.27. The van der Waals surface area contributed by atoms with Crippen LogP contribution in [0, 0.1) is 11.7 Å². The van der Waals surface area contributed by atoms with E-state index in [9.17, 15) is 12.8 Å². The Morgan fingerprint density at radius 1 is 1.53 bits per heavy atom. The highest BCUT2D eigenvalue weighted by molar-refractivity contribution is 7.89. The summed E-state index contributed by atoms with van der Waals surface area (Å²) in [6.45, 7) is 1.24. The van der Waals surface area contributed by atoms with Crippen molar-refractivity contribution in [2.45, 2.75) is 11.3 Å². The highest BCUT2D eigenvalue weighted by Gasteiger charge is 2.34. The second-order valence-corrected chi connectivity index (χ2v) is 6.57. The summed E-state index contributed by atoms with van der Waals surface area (Å²) in [5.41, 5.74) is 5.76. The Balaban J connectivity index is 2.26. The summed E-state index contributed by atoms with van der Waals surface area (Å²) in [5, 5.41) is 0. The molecule has 0 radical (unpaired) electrons. The van der Waals surface area contributed by atoms with Gasteiger partial charge in [-0.3, -0.25) is 0 Å². The number of ether oxygens (including phenoxy) is 1. The van der Waals surface area contributed by atoms with Crippen molar-refractivity contribution in [2.75, 3.05) is 32.5 Å². The SMILES string of the molecule is COCC1CCN(S(=O)(=O)c2cc(N)ccc2F)C1. The van der Waals surface area contributed by atoms with E-state index in [1.165, 1.54) is 10.4 Å². The van der Waals surface area contributed by atoms with E-state index in [1.807, 2.05) is 0 Å². The van der Waals surface area contributed by atoms with Gasteiger partial charge >= 0.3 is 0 Å². The molecule has 19 heavy (non-hydrogen) atoms. The number of hydrogen-bond donors (Lipinski definition) is 1. The molecule has 0 spiro atoms. The van der Waals surface area contributed by atoms with Crippen LogP contribution < -0.4 is 5.73 Å². The standard InChI is InChI=1S/C12H17FN2O3S/c1-18-8-9-4-5-15(7-9)19(16,17)12-6-10(14)2-3-11(12)13/h2-3,6,9H,4-5,7-8,14H2,1H3. The highest BCUT2D eigenvalue weighted by atomic mass is 32.2. The maximum atomic E-state index is 13.7. The van der Waals surface area contributed by atoms with Crippen molar-refractivity contribution >= 4 is 15.7 Å². The fourth-order valence-electron chi connectivity index (χ4n) is 2.24. The molecule has 5 nitrogen and oxygen atoms in total. The summed E-state index contributed by atoms with van der Waals surface area (Å²) in [5.74, 6) is -0.617. The molecule has 2 rings (SSSR count). The maximum absolute atomic E-state index is 13.7. The molecule has 1 fully saturated rings. The van der Waals surface area contributed by atoms with Crippen LogP contribution in [-0.2, 0) is 14.8 Å². The van der Waals surface area contributed by atoms with Crippen LogP contribution in [-0.4, -0.2) is 39.5 Å². The molecule has 1 aromatic carbocycles. The van der Waals surface area contributed by atoms with Gasteiger partial charge in [0.2, 0.25) is 10.0 Å². The van der Waals surface area contributed by atoms with E-state index in [-0.39, 0.29) is 16.5 Å². The minimum atomic E-state index is -3.82. The van der Waals surface area contributed by atoms with Gasteiger partial charge in [-0.05, 0) is 30.5 Å². The number of nitrogens with zero attached hydrogens (tertiary/aromatic N) is 1. The fourth-order valence-corrected chi connectivity index (χ4v) is 3.87. The number of nitrogens with two attached hydrogens (primary N) is 1. The molecule has 7 heteroatoms. The third kappa shape index (κ3) is 2.88. The van der Waals surface area contributed by atoms with Gasteiger partial charge in [0, 0.05) is 25.9 Å². The van der Waals surface area contributed by atoms with Crippen LogP contribution in [0.15, 0.2) is 23.1 Å². The average Bonchev–Trinajstić information content (AvgIpc) is 2.82. The van der Waals surface area contributed by atoms with Crippen molar-refractivity contribution < 1.29 is 17.5 Å². The monoisotopic (exact) mass is 288 g/mol. The summed E-state index contributed by atoms with van der Waals surface area (Å²) in [6, 6.07) is 3.57. The molecule has 1 aliphatic heterocycles. The molecule has 1 unspecified atom stereocenters. The van der Waals surface area contributed by atoms with Crippen molar-refractivity contribution in [3.8, 4) is 0 Å². The first-order chi connectivity index (χ1) is 8.95. The molecule has 1 aliphatic rings. The maximum Gasteiger partial charge on any atom is 0.246 e. The summed E-state index contributed by atoms with van der Waals surface area (Å²) in [7, 11) is -2.24. The molecule has 0 bridgehead atoms. The minimum Gasteiger partial charge on any atom is -0.399 e. The van der Waals surface area contributed by atoms with Crippen LogP contribution in [0.2, 0.25) is 0 Å². The molecule has 1 saturated heterocycles. The van der Waals surface area contributed by atoms with Gasteiger partial charge in [0.25, 0.3) is 0 Å². The Morgan fingerprint density at radius 3 is 2.95 bits per heavy atom. The van der Waals surface area contributed by atoms with Crippen molar-refractivity contribution in [1.29, 1.82) is 0 Å². The molecule has 1 aromatic rings. The number of methoxy groups -OCH3 is 1. The average molecular weight is 288 g/mol. The van der Waals surface area contributed by atoms with Gasteiger partial charge in [0.15, 0.2) is 0 Å². The van der Waals surface area contributed by atoms with Gasteiger partial charge in [0.05, 0.1) is 6.61 Å². The Bertz CT molecular complexity index is 562. The van der Waals surface area contributed by atoms with Gasteiger partial charge in [-0.15, -0.1) is 0 Å². The Labute approximate surface area is 112 Å². The third-order valence-electron chi connectivity index (χ3n) is 3.22. The van der Waals surface area contributed by atoms with Gasteiger partial charge in [-0.1, -0.05) is 0 Å². The first-order valence-electron chi connectivity index (χ1n) is 5.99. The van der Waals surface area contributed by atoms with E-state index in [4.69, 9.17) is 10.5 Å². The first kappa shape index (κ1) is 14.2. The van der Waals surface area contributed by atoms with Crippen molar-refractivity contribution in [2.24, 2.45) is 5.92 Å². The Kier molecular flexibility index (Phi) is 4.07. The molecule has 0 aromatic heterocycles. The number of rotatable bonds is 4. The van der Waals surface area contributed by atoms with Crippen molar-refractivity contribution in [1.82, 2.24) is 4.31 Å². The van der Waals surface area contributed by atoms with Crippen LogP contribution in [0.1, 0.15) is 6.42 Å². The summed E-state index contributed by atoms with van der Waals surface area (Å²) in [4.78, 5) is -0.356. The predicted molar refractivity (Wildman–Crippen MR) is 69.6 cm³/mol. The van der Waals surface area contributed by atoms with E-state index in [0.717, 1.165) is 18.6 Å². The summed E-state index contributed by atoms with van der Waals surface area (Å²) >= 11 is 0. The van der Waals surface area contributed by atoms with Crippen LogP contribution in [0.5, 0.6) is 0 Å². The number of hydrogen-bond acceptors (Lipinski definition) is 4. The van der Waals surface area contributed by atoms with Crippen LogP contribution in [0.4, 0.5) is 10.1 Å². The molecule has 1 heterocycles.